The van der Waals surface area contributed by atoms with Crippen molar-refractivity contribution >= 4 is 12.6 Å². The molecule has 1 aromatic heterocycles. The van der Waals surface area contributed by atoms with Crippen molar-refractivity contribution in [2.45, 2.75) is 11.8 Å². The predicted molar refractivity (Wildman–Crippen MR) is 36.2 cm³/mol. The maximum absolute atomic E-state index is 4.16. The summed E-state index contributed by atoms with van der Waals surface area (Å²) in [4.78, 5) is 4.90. The Hall–Kier alpha value is -0.500. The van der Waals surface area contributed by atoms with E-state index in [9.17, 15) is 0 Å². The van der Waals surface area contributed by atoms with Gasteiger partial charge in [-0.25, -0.2) is 0 Å². The van der Waals surface area contributed by atoms with Gasteiger partial charge in [0.2, 0.25) is 0 Å². The molecule has 1 nitrogen and oxygen atoms in total. The second-order valence-electron chi connectivity index (χ2n) is 1.66. The number of hydrogen-bond acceptors (Lipinski definition) is 2. The second-order valence-corrected chi connectivity index (χ2v) is 2.14. The lowest BCUT2D eigenvalue weighted by Gasteiger charge is -1.91. The number of aromatic nitrogens is 1. The fourth-order valence-electron chi connectivity index (χ4n) is 0.466. The van der Waals surface area contributed by atoms with Gasteiger partial charge in [0.1, 0.15) is 0 Å². The van der Waals surface area contributed by atoms with Gasteiger partial charge in [-0.1, -0.05) is 0 Å². The van der Waals surface area contributed by atoms with Crippen LogP contribution in [0.1, 0.15) is 5.56 Å². The topological polar surface area (TPSA) is 12.9 Å². The van der Waals surface area contributed by atoms with E-state index >= 15 is 0 Å². The number of hydrogen-bond donors (Lipinski definition) is 1. The van der Waals surface area contributed by atoms with E-state index in [4.69, 9.17) is 0 Å². The number of rotatable bonds is 0. The first kappa shape index (κ1) is 5.63. The van der Waals surface area contributed by atoms with Crippen LogP contribution in [0.2, 0.25) is 0 Å². The highest BCUT2D eigenvalue weighted by molar-refractivity contribution is 7.80. The molecule has 0 saturated heterocycles. The van der Waals surface area contributed by atoms with Gasteiger partial charge in [-0.15, -0.1) is 12.6 Å². The van der Waals surface area contributed by atoms with E-state index in [-0.39, 0.29) is 0 Å². The van der Waals surface area contributed by atoms with Gasteiger partial charge in [0.25, 0.3) is 0 Å². The Balaban J connectivity index is 3.13. The highest BCUT2D eigenvalue weighted by Crippen LogP contribution is 2.07. The highest BCUT2D eigenvalue weighted by Gasteiger charge is 1.86. The first-order valence-electron chi connectivity index (χ1n) is 2.40. The quantitative estimate of drug-likeness (QED) is 0.520. The Morgan fingerprint density at radius 1 is 1.62 bits per heavy atom. The number of aryl methyl sites for hydroxylation is 1. The molecule has 1 rings (SSSR count). The summed E-state index contributed by atoms with van der Waals surface area (Å²) in [6.45, 7) is 1.98. The smallest absolute Gasteiger partial charge is 0.0308 e. The molecule has 0 aromatic carbocycles. The third-order valence-corrected chi connectivity index (χ3v) is 1.49. The first-order valence-corrected chi connectivity index (χ1v) is 2.85. The Kier molecular flexibility index (Phi) is 1.53. The largest absolute Gasteiger partial charge is 0.264 e. The molecule has 0 aliphatic rings. The molecule has 42 valence electrons. The lowest BCUT2D eigenvalue weighted by Crippen LogP contribution is -1.75. The van der Waals surface area contributed by atoms with Crippen molar-refractivity contribution in [3.05, 3.63) is 24.0 Å². The number of thiol groups is 1. The fraction of sp³-hybridized carbons (Fsp3) is 0.167. The van der Waals surface area contributed by atoms with Crippen molar-refractivity contribution in [1.29, 1.82) is 0 Å². The van der Waals surface area contributed by atoms with Crippen LogP contribution in [0.3, 0.4) is 0 Å². The van der Waals surface area contributed by atoms with Crippen LogP contribution in [0.4, 0.5) is 0 Å². The fourth-order valence-corrected chi connectivity index (χ4v) is 0.590. The highest BCUT2D eigenvalue weighted by atomic mass is 32.1. The number of pyridine rings is 1. The molecule has 1 heterocycles. The Bertz CT molecular complexity index is 165. The predicted octanol–water partition coefficient (Wildman–Crippen LogP) is 1.68. The van der Waals surface area contributed by atoms with Crippen LogP contribution in [-0.2, 0) is 0 Å². The van der Waals surface area contributed by atoms with Gasteiger partial charge in [0, 0.05) is 17.3 Å². The SMILES string of the molecule is Cc1cnccc1S. The lowest BCUT2D eigenvalue weighted by atomic mass is 10.3. The van der Waals surface area contributed by atoms with Crippen molar-refractivity contribution in [3.63, 3.8) is 0 Å². The molecule has 1 aromatic rings. The van der Waals surface area contributed by atoms with E-state index in [0.29, 0.717) is 0 Å². The summed E-state index contributed by atoms with van der Waals surface area (Å²) in [5, 5.41) is 0. The van der Waals surface area contributed by atoms with Crippen molar-refractivity contribution in [1.82, 2.24) is 4.98 Å². The van der Waals surface area contributed by atoms with Crippen molar-refractivity contribution in [3.8, 4) is 0 Å². The van der Waals surface area contributed by atoms with Crippen LogP contribution >= 0.6 is 12.6 Å². The molecule has 8 heavy (non-hydrogen) atoms. The summed E-state index contributed by atoms with van der Waals surface area (Å²) in [7, 11) is 0. The minimum Gasteiger partial charge on any atom is -0.264 e. The van der Waals surface area contributed by atoms with E-state index in [2.05, 4.69) is 17.6 Å². The van der Waals surface area contributed by atoms with Gasteiger partial charge in [-0.2, -0.15) is 0 Å². The average Bonchev–Trinajstić information content (AvgIpc) is 1.77. The maximum atomic E-state index is 4.16. The molecule has 0 aliphatic heterocycles. The minimum atomic E-state index is 1.00. The summed E-state index contributed by atoms with van der Waals surface area (Å²) in [6.07, 6.45) is 3.53. The van der Waals surface area contributed by atoms with Crippen LogP contribution in [0, 0.1) is 6.92 Å². The standard InChI is InChI=1S/C6H7NS/c1-5-4-7-3-2-6(5)8/h2-4H,1H3,(H,7,8). The normalized spacial score (nSPS) is 9.25. The Morgan fingerprint density at radius 2 is 2.38 bits per heavy atom. The summed E-state index contributed by atoms with van der Waals surface area (Å²) in [6, 6.07) is 1.87. The second kappa shape index (κ2) is 2.18. The molecule has 0 N–H and O–H groups in total. The Labute approximate surface area is 54.2 Å². The van der Waals surface area contributed by atoms with Gasteiger partial charge < -0.3 is 0 Å². The van der Waals surface area contributed by atoms with Gasteiger partial charge in [0.05, 0.1) is 0 Å². The van der Waals surface area contributed by atoms with Crippen LogP contribution in [0.5, 0.6) is 0 Å². The molecule has 0 aliphatic carbocycles. The third kappa shape index (κ3) is 1.01. The molecule has 0 radical (unpaired) electrons. The van der Waals surface area contributed by atoms with Gasteiger partial charge in [0.15, 0.2) is 0 Å². The van der Waals surface area contributed by atoms with Crippen molar-refractivity contribution in [2.75, 3.05) is 0 Å². The monoisotopic (exact) mass is 125 g/mol. The molecule has 0 fully saturated rings. The van der Waals surface area contributed by atoms with E-state index < -0.39 is 0 Å². The lowest BCUT2D eigenvalue weighted by molar-refractivity contribution is 1.19. The summed E-state index contributed by atoms with van der Waals surface area (Å²) in [5.41, 5.74) is 1.12. The Morgan fingerprint density at radius 3 is 2.75 bits per heavy atom. The van der Waals surface area contributed by atoms with Crippen molar-refractivity contribution < 1.29 is 0 Å². The van der Waals surface area contributed by atoms with E-state index in [0.717, 1.165) is 10.5 Å². The molecule has 0 bridgehead atoms. The maximum Gasteiger partial charge on any atom is 0.0308 e. The number of nitrogens with zero attached hydrogens (tertiary/aromatic N) is 1. The molecule has 0 spiro atoms. The third-order valence-electron chi connectivity index (χ3n) is 0.991. The molecule has 2 heteroatoms. The van der Waals surface area contributed by atoms with E-state index in [1.165, 1.54) is 0 Å². The molecular formula is C6H7NS. The van der Waals surface area contributed by atoms with Crippen molar-refractivity contribution in [2.24, 2.45) is 0 Å². The van der Waals surface area contributed by atoms with Crippen LogP contribution in [0.15, 0.2) is 23.4 Å². The summed E-state index contributed by atoms with van der Waals surface area (Å²) in [5.74, 6) is 0. The van der Waals surface area contributed by atoms with Crippen LogP contribution in [-0.4, -0.2) is 4.98 Å². The van der Waals surface area contributed by atoms with Gasteiger partial charge in [-0.3, -0.25) is 4.98 Å². The van der Waals surface area contributed by atoms with Crippen LogP contribution < -0.4 is 0 Å². The van der Waals surface area contributed by atoms with E-state index in [1.54, 1.807) is 12.4 Å². The zero-order chi connectivity index (χ0) is 5.98. The molecule has 0 atom stereocenters. The first-order chi connectivity index (χ1) is 3.80. The molecule has 0 unspecified atom stereocenters. The summed E-state index contributed by atoms with van der Waals surface area (Å²) >= 11 is 4.16. The average molecular weight is 125 g/mol. The van der Waals surface area contributed by atoms with Gasteiger partial charge in [-0.05, 0) is 18.6 Å². The zero-order valence-corrected chi connectivity index (χ0v) is 5.52. The molecular weight excluding hydrogens is 118 g/mol. The van der Waals surface area contributed by atoms with E-state index in [1.807, 2.05) is 13.0 Å². The minimum absolute atomic E-state index is 1.00. The zero-order valence-electron chi connectivity index (χ0n) is 4.63. The molecule has 0 amide bonds. The summed E-state index contributed by atoms with van der Waals surface area (Å²) < 4.78 is 0. The van der Waals surface area contributed by atoms with Gasteiger partial charge >= 0.3 is 0 Å². The molecule has 0 saturated carbocycles. The van der Waals surface area contributed by atoms with Crippen LogP contribution in [0.25, 0.3) is 0 Å².